The third-order valence-corrected chi connectivity index (χ3v) is 3.45. The monoisotopic (exact) mass is 273 g/mol. The minimum absolute atomic E-state index is 0.217. The lowest BCUT2D eigenvalue weighted by molar-refractivity contribution is 0.0697. The van der Waals surface area contributed by atoms with Gasteiger partial charge in [0.15, 0.2) is 0 Å². The van der Waals surface area contributed by atoms with Crippen molar-refractivity contribution in [2.24, 2.45) is 0 Å². The maximum absolute atomic E-state index is 11.2. The molecule has 0 unspecified atom stereocenters. The van der Waals surface area contributed by atoms with Crippen molar-refractivity contribution in [1.29, 1.82) is 5.26 Å². The molecule has 3 aromatic carbocycles. The molecule has 0 fully saturated rings. The number of nitriles is 1. The molecule has 0 radical (unpaired) electrons. The van der Waals surface area contributed by atoms with E-state index in [2.05, 4.69) is 6.07 Å². The van der Waals surface area contributed by atoms with Crippen LogP contribution in [-0.2, 0) is 0 Å². The lowest BCUT2D eigenvalue weighted by Gasteiger charge is -2.10. The van der Waals surface area contributed by atoms with Gasteiger partial charge in [0.1, 0.15) is 0 Å². The van der Waals surface area contributed by atoms with Crippen LogP contribution in [0.4, 0.5) is 0 Å². The molecule has 21 heavy (non-hydrogen) atoms. The number of carboxylic acids is 1. The standard InChI is InChI=1S/C18H11NO2/c19-11-15-9-7-12-6-8-14(18(20)21)10-16(12)17(15)13-4-2-1-3-5-13/h1-10H,(H,20,21). The summed E-state index contributed by atoms with van der Waals surface area (Å²) in [5.74, 6) is -0.974. The number of hydrogen-bond acceptors (Lipinski definition) is 2. The fourth-order valence-electron chi connectivity index (χ4n) is 2.46. The first-order valence-corrected chi connectivity index (χ1v) is 6.46. The van der Waals surface area contributed by atoms with Crippen LogP contribution in [0.25, 0.3) is 21.9 Å². The van der Waals surface area contributed by atoms with E-state index in [0.717, 1.165) is 21.9 Å². The fraction of sp³-hybridized carbons (Fsp3) is 0. The third kappa shape index (κ3) is 2.24. The van der Waals surface area contributed by atoms with Crippen molar-refractivity contribution >= 4 is 16.7 Å². The predicted octanol–water partition coefficient (Wildman–Crippen LogP) is 4.08. The Morgan fingerprint density at radius 2 is 1.71 bits per heavy atom. The van der Waals surface area contributed by atoms with Gasteiger partial charge in [0.2, 0.25) is 0 Å². The van der Waals surface area contributed by atoms with Gasteiger partial charge in [-0.1, -0.05) is 42.5 Å². The van der Waals surface area contributed by atoms with Crippen LogP contribution in [-0.4, -0.2) is 11.1 Å². The van der Waals surface area contributed by atoms with E-state index in [1.807, 2.05) is 36.4 Å². The SMILES string of the molecule is N#Cc1ccc2ccc(C(=O)O)cc2c1-c1ccccc1. The highest BCUT2D eigenvalue weighted by Crippen LogP contribution is 2.32. The van der Waals surface area contributed by atoms with Gasteiger partial charge in [-0.3, -0.25) is 0 Å². The summed E-state index contributed by atoms with van der Waals surface area (Å²) in [5, 5.41) is 20.2. The van der Waals surface area contributed by atoms with Crippen LogP contribution in [0, 0.1) is 11.3 Å². The molecule has 3 nitrogen and oxygen atoms in total. The topological polar surface area (TPSA) is 61.1 Å². The zero-order valence-corrected chi connectivity index (χ0v) is 11.1. The Balaban J connectivity index is 2.41. The second-order valence-electron chi connectivity index (χ2n) is 4.71. The molecule has 0 aromatic heterocycles. The number of rotatable bonds is 2. The van der Waals surface area contributed by atoms with Gasteiger partial charge in [0, 0.05) is 5.56 Å². The molecular weight excluding hydrogens is 262 g/mol. The highest BCUT2D eigenvalue weighted by Gasteiger charge is 2.12. The Morgan fingerprint density at radius 1 is 1.00 bits per heavy atom. The normalized spacial score (nSPS) is 10.2. The molecule has 0 heterocycles. The first-order chi connectivity index (χ1) is 10.2. The molecule has 0 saturated carbocycles. The lowest BCUT2D eigenvalue weighted by atomic mass is 9.93. The molecule has 0 aliphatic heterocycles. The Kier molecular flexibility index (Phi) is 3.13. The summed E-state index contributed by atoms with van der Waals surface area (Å²) < 4.78 is 0. The molecular formula is C18H11NO2. The summed E-state index contributed by atoms with van der Waals surface area (Å²) >= 11 is 0. The molecule has 3 heteroatoms. The zero-order chi connectivity index (χ0) is 14.8. The van der Waals surface area contributed by atoms with Crippen molar-refractivity contribution in [3.05, 3.63) is 71.8 Å². The van der Waals surface area contributed by atoms with E-state index in [1.54, 1.807) is 24.3 Å². The van der Waals surface area contributed by atoms with Crippen LogP contribution in [0.15, 0.2) is 60.7 Å². The molecule has 0 aliphatic rings. The van der Waals surface area contributed by atoms with Crippen LogP contribution in [0.1, 0.15) is 15.9 Å². The van der Waals surface area contributed by atoms with Crippen LogP contribution in [0.5, 0.6) is 0 Å². The molecule has 0 aliphatic carbocycles. The summed E-state index contributed by atoms with van der Waals surface area (Å²) in [7, 11) is 0. The van der Waals surface area contributed by atoms with Crippen molar-refractivity contribution in [2.45, 2.75) is 0 Å². The molecule has 1 N–H and O–H groups in total. The first-order valence-electron chi connectivity index (χ1n) is 6.46. The van der Waals surface area contributed by atoms with Crippen LogP contribution in [0.2, 0.25) is 0 Å². The van der Waals surface area contributed by atoms with Crippen LogP contribution in [0.3, 0.4) is 0 Å². The predicted molar refractivity (Wildman–Crippen MR) is 81.1 cm³/mol. The Hall–Kier alpha value is -3.12. The van der Waals surface area contributed by atoms with Gasteiger partial charge in [-0.15, -0.1) is 0 Å². The number of fused-ring (bicyclic) bond motifs is 1. The van der Waals surface area contributed by atoms with E-state index in [4.69, 9.17) is 5.11 Å². The van der Waals surface area contributed by atoms with Crippen LogP contribution < -0.4 is 0 Å². The van der Waals surface area contributed by atoms with E-state index in [9.17, 15) is 10.1 Å². The summed E-state index contributed by atoms with van der Waals surface area (Å²) in [5.41, 5.74) is 2.44. The Labute approximate surface area is 121 Å². The van der Waals surface area contributed by atoms with Crippen LogP contribution >= 0.6 is 0 Å². The Morgan fingerprint density at radius 3 is 2.38 bits per heavy atom. The summed E-state index contributed by atoms with van der Waals surface area (Å²) in [6.45, 7) is 0. The molecule has 0 amide bonds. The molecule has 3 aromatic rings. The first kappa shape index (κ1) is 12.9. The summed E-state index contributed by atoms with van der Waals surface area (Å²) in [6.07, 6.45) is 0. The van der Waals surface area contributed by atoms with Gasteiger partial charge in [-0.05, 0) is 34.5 Å². The molecule has 0 saturated heterocycles. The second kappa shape index (κ2) is 5.10. The van der Waals surface area contributed by atoms with E-state index in [1.165, 1.54) is 0 Å². The maximum atomic E-state index is 11.2. The van der Waals surface area contributed by atoms with Gasteiger partial charge >= 0.3 is 5.97 Å². The van der Waals surface area contributed by atoms with Gasteiger partial charge in [0.25, 0.3) is 0 Å². The van der Waals surface area contributed by atoms with E-state index in [-0.39, 0.29) is 5.56 Å². The van der Waals surface area contributed by atoms with Gasteiger partial charge < -0.3 is 5.11 Å². The van der Waals surface area contributed by atoms with Crippen molar-refractivity contribution in [3.63, 3.8) is 0 Å². The van der Waals surface area contributed by atoms with E-state index in [0.29, 0.717) is 5.56 Å². The average Bonchev–Trinajstić information content (AvgIpc) is 2.53. The summed E-state index contributed by atoms with van der Waals surface area (Å²) in [6, 6.07) is 20.3. The summed E-state index contributed by atoms with van der Waals surface area (Å²) in [4.78, 5) is 11.2. The highest BCUT2D eigenvalue weighted by atomic mass is 16.4. The van der Waals surface area contributed by atoms with Crippen molar-refractivity contribution in [3.8, 4) is 17.2 Å². The van der Waals surface area contributed by atoms with E-state index >= 15 is 0 Å². The maximum Gasteiger partial charge on any atom is 0.335 e. The second-order valence-corrected chi connectivity index (χ2v) is 4.71. The largest absolute Gasteiger partial charge is 0.478 e. The van der Waals surface area contributed by atoms with Crippen molar-refractivity contribution < 1.29 is 9.90 Å². The smallest absolute Gasteiger partial charge is 0.335 e. The average molecular weight is 273 g/mol. The molecule has 3 rings (SSSR count). The van der Waals surface area contributed by atoms with Gasteiger partial charge in [-0.2, -0.15) is 5.26 Å². The number of benzene rings is 3. The number of aromatic carboxylic acids is 1. The fourth-order valence-corrected chi connectivity index (χ4v) is 2.46. The van der Waals surface area contributed by atoms with Crippen molar-refractivity contribution in [1.82, 2.24) is 0 Å². The van der Waals surface area contributed by atoms with Crippen molar-refractivity contribution in [2.75, 3.05) is 0 Å². The quantitative estimate of drug-likeness (QED) is 0.765. The minimum atomic E-state index is -0.974. The van der Waals surface area contributed by atoms with Gasteiger partial charge in [-0.25, -0.2) is 4.79 Å². The van der Waals surface area contributed by atoms with E-state index < -0.39 is 5.97 Å². The highest BCUT2D eigenvalue weighted by molar-refractivity contribution is 6.03. The Bertz CT molecular complexity index is 877. The number of nitrogens with zero attached hydrogens (tertiary/aromatic N) is 1. The molecule has 0 bridgehead atoms. The lowest BCUT2D eigenvalue weighted by Crippen LogP contribution is -1.96. The molecule has 100 valence electrons. The van der Waals surface area contributed by atoms with Gasteiger partial charge in [0.05, 0.1) is 17.2 Å². The number of carboxylic acid groups (broad SMARTS) is 1. The molecule has 0 atom stereocenters. The molecule has 0 spiro atoms. The number of carbonyl (C=O) groups is 1. The third-order valence-electron chi connectivity index (χ3n) is 3.45. The minimum Gasteiger partial charge on any atom is -0.478 e. The number of hydrogen-bond donors (Lipinski definition) is 1. The zero-order valence-electron chi connectivity index (χ0n) is 11.1.